The summed E-state index contributed by atoms with van der Waals surface area (Å²) >= 11 is 0. The van der Waals surface area contributed by atoms with Crippen LogP contribution < -0.4 is 10.1 Å². The Morgan fingerprint density at radius 3 is 2.50 bits per heavy atom. The highest BCUT2D eigenvalue weighted by atomic mass is 16.6. The van der Waals surface area contributed by atoms with E-state index < -0.39 is 11.0 Å². The van der Waals surface area contributed by atoms with Gasteiger partial charge in [-0.3, -0.25) is 15.4 Å². The van der Waals surface area contributed by atoms with Crippen molar-refractivity contribution in [1.82, 2.24) is 0 Å². The first kappa shape index (κ1) is 15.3. The number of benzene rings is 2. The van der Waals surface area contributed by atoms with Gasteiger partial charge in [-0.25, -0.2) is 4.79 Å². The van der Waals surface area contributed by atoms with Crippen molar-refractivity contribution in [2.75, 3.05) is 5.32 Å². The molecule has 0 unspecified atom stereocenters. The first-order valence-electron chi connectivity index (χ1n) is 6.54. The number of amides is 1. The molecule has 7 nitrogen and oxygen atoms in total. The van der Waals surface area contributed by atoms with Gasteiger partial charge in [-0.15, -0.1) is 0 Å². The van der Waals surface area contributed by atoms with Crippen LogP contribution >= 0.6 is 0 Å². The summed E-state index contributed by atoms with van der Waals surface area (Å²) in [6.07, 6.45) is -0.483. The Balaban J connectivity index is 2.21. The van der Waals surface area contributed by atoms with Crippen molar-refractivity contribution in [3.63, 3.8) is 0 Å². The number of nitrogens with zero attached hydrogens (tertiary/aromatic N) is 1. The number of nitro groups is 1. The van der Waals surface area contributed by atoms with E-state index in [9.17, 15) is 14.9 Å². The number of anilines is 1. The maximum atomic E-state index is 10.6. The number of nitro benzene ring substituents is 1. The maximum Gasteiger partial charge on any atom is 0.409 e. The number of ether oxygens (including phenoxy) is 1. The number of nitrogens with one attached hydrogen (secondary N) is 1. The third-order valence-electron chi connectivity index (χ3n) is 2.97. The Hall–Kier alpha value is -3.09. The summed E-state index contributed by atoms with van der Waals surface area (Å²) < 4.78 is 5.70. The van der Waals surface area contributed by atoms with E-state index in [4.69, 9.17) is 9.84 Å². The predicted molar refractivity (Wildman–Crippen MR) is 80.6 cm³/mol. The standard InChI is InChI=1S/C15H14N2O5/c1-2-10-9-11(16-15(18)19)3-8-14(10)22-13-6-4-12(5-7-13)17(20)21/h3-9,16H,2H2,1H3,(H,18,19). The lowest BCUT2D eigenvalue weighted by Gasteiger charge is -2.11. The van der Waals surface area contributed by atoms with E-state index in [0.29, 0.717) is 23.6 Å². The van der Waals surface area contributed by atoms with Gasteiger partial charge in [0.15, 0.2) is 0 Å². The molecular formula is C15H14N2O5. The molecule has 0 saturated heterocycles. The molecule has 0 aliphatic heterocycles. The highest BCUT2D eigenvalue weighted by Crippen LogP contribution is 2.29. The molecule has 0 atom stereocenters. The van der Waals surface area contributed by atoms with Gasteiger partial charge >= 0.3 is 6.09 Å². The molecule has 2 aromatic rings. The fourth-order valence-corrected chi connectivity index (χ4v) is 1.92. The molecule has 0 radical (unpaired) electrons. The second kappa shape index (κ2) is 6.57. The normalized spacial score (nSPS) is 10.0. The van der Waals surface area contributed by atoms with Crippen LogP contribution in [0.1, 0.15) is 12.5 Å². The van der Waals surface area contributed by atoms with Crippen LogP contribution in [0.3, 0.4) is 0 Å². The van der Waals surface area contributed by atoms with Crippen LogP contribution in [0.5, 0.6) is 11.5 Å². The zero-order chi connectivity index (χ0) is 16.1. The lowest BCUT2D eigenvalue weighted by atomic mass is 10.1. The average Bonchev–Trinajstić information content (AvgIpc) is 2.48. The summed E-state index contributed by atoms with van der Waals surface area (Å²) in [5, 5.41) is 21.6. The molecule has 0 spiro atoms. The van der Waals surface area contributed by atoms with Crippen LogP contribution in [0.2, 0.25) is 0 Å². The highest BCUT2D eigenvalue weighted by molar-refractivity contribution is 5.83. The zero-order valence-corrected chi connectivity index (χ0v) is 11.8. The third kappa shape index (κ3) is 3.72. The molecule has 0 saturated carbocycles. The summed E-state index contributed by atoms with van der Waals surface area (Å²) in [6.45, 7) is 1.92. The van der Waals surface area contributed by atoms with E-state index in [0.717, 1.165) is 5.56 Å². The number of non-ortho nitro benzene ring substituents is 1. The molecule has 2 aromatic carbocycles. The summed E-state index contributed by atoms with van der Waals surface area (Å²) in [5.74, 6) is 1.05. The van der Waals surface area contributed by atoms with E-state index in [1.165, 1.54) is 24.3 Å². The fraction of sp³-hybridized carbons (Fsp3) is 0.133. The smallest absolute Gasteiger partial charge is 0.409 e. The molecule has 2 rings (SSSR count). The number of hydrogen-bond donors (Lipinski definition) is 2. The minimum absolute atomic E-state index is 0.0101. The molecule has 0 aromatic heterocycles. The van der Waals surface area contributed by atoms with Gasteiger partial charge in [0.1, 0.15) is 11.5 Å². The molecule has 0 aliphatic carbocycles. The second-order valence-electron chi connectivity index (χ2n) is 4.46. The molecule has 7 heteroatoms. The second-order valence-corrected chi connectivity index (χ2v) is 4.46. The average molecular weight is 302 g/mol. The van der Waals surface area contributed by atoms with E-state index in [1.807, 2.05) is 6.92 Å². The van der Waals surface area contributed by atoms with Crippen LogP contribution in [0, 0.1) is 10.1 Å². The molecule has 22 heavy (non-hydrogen) atoms. The van der Waals surface area contributed by atoms with Gasteiger partial charge < -0.3 is 9.84 Å². The van der Waals surface area contributed by atoms with Gasteiger partial charge in [0, 0.05) is 17.8 Å². The summed E-state index contributed by atoms with van der Waals surface area (Å²) in [7, 11) is 0. The van der Waals surface area contributed by atoms with Gasteiger partial charge in [-0.05, 0) is 42.3 Å². The summed E-state index contributed by atoms with van der Waals surface area (Å²) in [4.78, 5) is 20.8. The highest BCUT2D eigenvalue weighted by Gasteiger charge is 2.09. The Morgan fingerprint density at radius 2 is 1.95 bits per heavy atom. The third-order valence-corrected chi connectivity index (χ3v) is 2.97. The minimum atomic E-state index is -1.13. The Bertz CT molecular complexity index is 698. The Kier molecular flexibility index (Phi) is 4.57. The van der Waals surface area contributed by atoms with Gasteiger partial charge in [0.25, 0.3) is 5.69 Å². The molecule has 0 aliphatic rings. The largest absolute Gasteiger partial charge is 0.465 e. The Morgan fingerprint density at radius 1 is 1.27 bits per heavy atom. The van der Waals surface area contributed by atoms with Crippen LogP contribution in [0.25, 0.3) is 0 Å². The molecule has 0 heterocycles. The van der Waals surface area contributed by atoms with Crippen molar-refractivity contribution >= 4 is 17.5 Å². The van der Waals surface area contributed by atoms with Crippen LogP contribution in [0.15, 0.2) is 42.5 Å². The van der Waals surface area contributed by atoms with Crippen molar-refractivity contribution in [3.8, 4) is 11.5 Å². The van der Waals surface area contributed by atoms with E-state index in [1.54, 1.807) is 18.2 Å². The number of hydrogen-bond acceptors (Lipinski definition) is 4. The first-order valence-corrected chi connectivity index (χ1v) is 6.54. The molecule has 0 bridgehead atoms. The van der Waals surface area contributed by atoms with Crippen molar-refractivity contribution in [2.24, 2.45) is 0 Å². The summed E-state index contributed by atoms with van der Waals surface area (Å²) in [6, 6.07) is 10.7. The van der Waals surface area contributed by atoms with Crippen LogP contribution in [-0.2, 0) is 6.42 Å². The van der Waals surface area contributed by atoms with E-state index >= 15 is 0 Å². The number of carboxylic acid groups (broad SMARTS) is 1. The van der Waals surface area contributed by atoms with Crippen molar-refractivity contribution in [1.29, 1.82) is 0 Å². The number of aryl methyl sites for hydroxylation is 1. The van der Waals surface area contributed by atoms with Gasteiger partial charge in [0.2, 0.25) is 0 Å². The maximum absolute atomic E-state index is 10.6. The molecule has 2 N–H and O–H groups in total. The van der Waals surface area contributed by atoms with Crippen LogP contribution in [0.4, 0.5) is 16.2 Å². The topological polar surface area (TPSA) is 102 Å². The quantitative estimate of drug-likeness (QED) is 0.641. The monoisotopic (exact) mass is 302 g/mol. The van der Waals surface area contributed by atoms with Crippen molar-refractivity contribution in [3.05, 3.63) is 58.1 Å². The molecule has 1 amide bonds. The van der Waals surface area contributed by atoms with Crippen molar-refractivity contribution in [2.45, 2.75) is 13.3 Å². The lowest BCUT2D eigenvalue weighted by Crippen LogP contribution is -2.07. The number of rotatable bonds is 5. The fourth-order valence-electron chi connectivity index (χ4n) is 1.92. The SMILES string of the molecule is CCc1cc(NC(=O)O)ccc1Oc1ccc([N+](=O)[O-])cc1. The van der Waals surface area contributed by atoms with Gasteiger partial charge in [-0.2, -0.15) is 0 Å². The lowest BCUT2D eigenvalue weighted by molar-refractivity contribution is -0.384. The minimum Gasteiger partial charge on any atom is -0.465 e. The predicted octanol–water partition coefficient (Wildman–Crippen LogP) is 4.04. The zero-order valence-electron chi connectivity index (χ0n) is 11.8. The summed E-state index contributed by atoms with van der Waals surface area (Å²) in [5.41, 5.74) is 1.27. The van der Waals surface area contributed by atoms with Crippen LogP contribution in [-0.4, -0.2) is 16.1 Å². The number of carbonyl (C=O) groups is 1. The molecular weight excluding hydrogens is 288 g/mol. The van der Waals surface area contributed by atoms with Gasteiger partial charge in [0.05, 0.1) is 4.92 Å². The van der Waals surface area contributed by atoms with E-state index in [-0.39, 0.29) is 5.69 Å². The Labute approximate surface area is 126 Å². The van der Waals surface area contributed by atoms with E-state index in [2.05, 4.69) is 5.32 Å². The first-order chi connectivity index (χ1) is 10.5. The molecule has 114 valence electrons. The van der Waals surface area contributed by atoms with Crippen molar-refractivity contribution < 1.29 is 19.6 Å². The van der Waals surface area contributed by atoms with Gasteiger partial charge in [-0.1, -0.05) is 6.92 Å². The molecule has 0 fully saturated rings.